The van der Waals surface area contributed by atoms with E-state index in [0.29, 0.717) is 18.3 Å². The van der Waals surface area contributed by atoms with E-state index in [1.54, 1.807) is 14.0 Å². The number of aromatic nitrogens is 2. The Hall–Kier alpha value is -1.16. The second-order valence-electron chi connectivity index (χ2n) is 6.86. The molecule has 8 heteroatoms. The Morgan fingerprint density at radius 1 is 1.26 bits per heavy atom. The summed E-state index contributed by atoms with van der Waals surface area (Å²) in [4.78, 5) is 8.55. The Bertz CT molecular complexity index is 758. The number of nitrogens with zero attached hydrogens (tertiary/aromatic N) is 3. The fraction of sp³-hybridized carbons (Fsp3) is 0.526. The third kappa shape index (κ3) is 5.91. The summed E-state index contributed by atoms with van der Waals surface area (Å²) >= 11 is 3.62. The van der Waals surface area contributed by atoms with Gasteiger partial charge in [-0.15, -0.1) is 24.0 Å². The molecule has 0 spiro atoms. The molecule has 1 aliphatic rings. The lowest BCUT2D eigenvalue weighted by molar-refractivity contribution is 0.291. The second kappa shape index (κ2) is 10.4. The van der Waals surface area contributed by atoms with Gasteiger partial charge in [-0.1, -0.05) is 52.5 Å². The van der Waals surface area contributed by atoms with Gasteiger partial charge in [0, 0.05) is 30.4 Å². The second-order valence-corrected chi connectivity index (χ2v) is 7.78. The molecule has 0 radical (unpaired) electrons. The van der Waals surface area contributed by atoms with Crippen molar-refractivity contribution in [3.8, 4) is 0 Å². The van der Waals surface area contributed by atoms with Crippen LogP contribution in [0, 0.1) is 6.92 Å². The molecule has 0 atom stereocenters. The van der Waals surface area contributed by atoms with Gasteiger partial charge in [0.15, 0.2) is 11.8 Å². The Labute approximate surface area is 186 Å². The summed E-state index contributed by atoms with van der Waals surface area (Å²) in [5.74, 6) is 1.96. The average molecular weight is 548 g/mol. The summed E-state index contributed by atoms with van der Waals surface area (Å²) in [7, 11) is 1.78. The third-order valence-corrected chi connectivity index (χ3v) is 5.54. The van der Waals surface area contributed by atoms with Crippen LogP contribution in [0.2, 0.25) is 0 Å². The smallest absolute Gasteiger partial charge is 0.223 e. The van der Waals surface area contributed by atoms with Gasteiger partial charge in [-0.3, -0.25) is 4.99 Å². The summed E-state index contributed by atoms with van der Waals surface area (Å²) < 4.78 is 6.14. The number of halogens is 2. The summed E-state index contributed by atoms with van der Waals surface area (Å²) in [5.41, 5.74) is 1.53. The molecule has 2 aromatic rings. The molecule has 0 unspecified atom stereocenters. The highest BCUT2D eigenvalue weighted by atomic mass is 127. The molecular weight excluding hydrogens is 521 g/mol. The molecular formula is C19H27BrIN5O. The van der Waals surface area contributed by atoms with Gasteiger partial charge >= 0.3 is 0 Å². The number of nitrogens with one attached hydrogen (secondary N) is 2. The summed E-state index contributed by atoms with van der Waals surface area (Å²) in [6, 6.07) is 8.71. The SMILES string of the molecule is CN=C(NCc1noc(C)n1)NCC1(c2cccc(Br)c2)CCCCC1.I. The molecule has 1 fully saturated rings. The van der Waals surface area contributed by atoms with Crippen LogP contribution < -0.4 is 10.6 Å². The van der Waals surface area contributed by atoms with Crippen LogP contribution in [-0.4, -0.2) is 29.7 Å². The number of hydrogen-bond acceptors (Lipinski definition) is 4. The van der Waals surface area contributed by atoms with Crippen LogP contribution in [0.1, 0.15) is 49.4 Å². The Morgan fingerprint density at radius 3 is 2.67 bits per heavy atom. The van der Waals surface area contributed by atoms with Crippen molar-refractivity contribution in [1.29, 1.82) is 0 Å². The zero-order valence-corrected chi connectivity index (χ0v) is 19.7. The molecule has 148 valence electrons. The minimum absolute atomic E-state index is 0. The maximum atomic E-state index is 5.00. The molecule has 0 amide bonds. The van der Waals surface area contributed by atoms with Crippen molar-refractivity contribution >= 4 is 45.9 Å². The van der Waals surface area contributed by atoms with E-state index in [4.69, 9.17) is 4.52 Å². The van der Waals surface area contributed by atoms with Gasteiger partial charge in [0.1, 0.15) is 0 Å². The maximum Gasteiger partial charge on any atom is 0.223 e. The van der Waals surface area contributed by atoms with E-state index in [1.807, 2.05) is 0 Å². The molecule has 0 saturated heterocycles. The first-order valence-corrected chi connectivity index (χ1v) is 9.90. The van der Waals surface area contributed by atoms with Gasteiger partial charge in [-0.2, -0.15) is 4.98 Å². The van der Waals surface area contributed by atoms with Crippen molar-refractivity contribution < 1.29 is 4.52 Å². The van der Waals surface area contributed by atoms with Crippen molar-refractivity contribution in [1.82, 2.24) is 20.8 Å². The van der Waals surface area contributed by atoms with Crippen LogP contribution in [0.4, 0.5) is 0 Å². The highest BCUT2D eigenvalue weighted by Gasteiger charge is 2.34. The van der Waals surface area contributed by atoms with E-state index >= 15 is 0 Å². The largest absolute Gasteiger partial charge is 0.356 e. The molecule has 3 rings (SSSR count). The Morgan fingerprint density at radius 2 is 2.04 bits per heavy atom. The van der Waals surface area contributed by atoms with E-state index in [2.05, 4.69) is 66.0 Å². The first kappa shape index (κ1) is 22.1. The normalized spacial score (nSPS) is 16.5. The Balaban J connectivity index is 0.00000261. The van der Waals surface area contributed by atoms with Crippen LogP contribution in [-0.2, 0) is 12.0 Å². The van der Waals surface area contributed by atoms with Gasteiger partial charge in [-0.25, -0.2) is 0 Å². The summed E-state index contributed by atoms with van der Waals surface area (Å²) in [5, 5.41) is 10.7. The van der Waals surface area contributed by atoms with E-state index in [1.165, 1.54) is 37.7 Å². The number of rotatable bonds is 5. The standard InChI is InChI=1S/C19H26BrN5O.HI/c1-14-24-17(25-26-14)12-22-18(21-2)23-13-19(9-4-3-5-10-19)15-7-6-8-16(20)11-15;/h6-8,11H,3-5,9-10,12-13H2,1-2H3,(H2,21,22,23);1H. The van der Waals surface area contributed by atoms with Gasteiger partial charge in [-0.05, 0) is 30.5 Å². The van der Waals surface area contributed by atoms with E-state index < -0.39 is 0 Å². The van der Waals surface area contributed by atoms with Gasteiger partial charge < -0.3 is 15.2 Å². The van der Waals surface area contributed by atoms with Crippen LogP contribution in [0.25, 0.3) is 0 Å². The van der Waals surface area contributed by atoms with Crippen LogP contribution in [0.5, 0.6) is 0 Å². The Kier molecular flexibility index (Phi) is 8.53. The number of guanidine groups is 1. The molecule has 1 heterocycles. The molecule has 1 aliphatic carbocycles. The molecule has 27 heavy (non-hydrogen) atoms. The van der Waals surface area contributed by atoms with Crippen molar-refractivity contribution in [3.05, 3.63) is 46.0 Å². The lowest BCUT2D eigenvalue weighted by Crippen LogP contribution is -2.46. The van der Waals surface area contributed by atoms with Gasteiger partial charge in [0.25, 0.3) is 0 Å². The minimum Gasteiger partial charge on any atom is -0.356 e. The van der Waals surface area contributed by atoms with Crippen molar-refractivity contribution in [2.45, 2.75) is 51.0 Å². The molecule has 1 aromatic heterocycles. The zero-order chi connectivity index (χ0) is 18.4. The molecule has 6 nitrogen and oxygen atoms in total. The zero-order valence-electron chi connectivity index (χ0n) is 15.8. The third-order valence-electron chi connectivity index (χ3n) is 5.05. The fourth-order valence-electron chi connectivity index (χ4n) is 3.66. The summed E-state index contributed by atoms with van der Waals surface area (Å²) in [6.07, 6.45) is 6.24. The highest BCUT2D eigenvalue weighted by molar-refractivity contribution is 14.0. The monoisotopic (exact) mass is 547 g/mol. The number of aliphatic imine (C=N–C) groups is 1. The predicted molar refractivity (Wildman–Crippen MR) is 122 cm³/mol. The fourth-order valence-corrected chi connectivity index (χ4v) is 4.06. The summed E-state index contributed by atoms with van der Waals surface area (Å²) in [6.45, 7) is 3.13. The average Bonchev–Trinajstić information content (AvgIpc) is 3.08. The molecule has 0 aliphatic heterocycles. The molecule has 1 aromatic carbocycles. The van der Waals surface area contributed by atoms with Crippen molar-refractivity contribution in [2.24, 2.45) is 4.99 Å². The quantitative estimate of drug-likeness (QED) is 0.331. The van der Waals surface area contributed by atoms with Crippen LogP contribution >= 0.6 is 39.9 Å². The van der Waals surface area contributed by atoms with E-state index in [-0.39, 0.29) is 29.4 Å². The van der Waals surface area contributed by atoms with Crippen LogP contribution in [0.15, 0.2) is 38.3 Å². The van der Waals surface area contributed by atoms with E-state index in [0.717, 1.165) is 17.0 Å². The lowest BCUT2D eigenvalue weighted by atomic mass is 9.69. The number of hydrogen-bond donors (Lipinski definition) is 2. The molecule has 2 N–H and O–H groups in total. The molecule has 1 saturated carbocycles. The van der Waals surface area contributed by atoms with Gasteiger partial charge in [0.2, 0.25) is 5.89 Å². The van der Waals surface area contributed by atoms with E-state index in [9.17, 15) is 0 Å². The van der Waals surface area contributed by atoms with Gasteiger partial charge in [0.05, 0.1) is 6.54 Å². The lowest BCUT2D eigenvalue weighted by Gasteiger charge is -2.38. The van der Waals surface area contributed by atoms with Crippen molar-refractivity contribution in [2.75, 3.05) is 13.6 Å². The highest BCUT2D eigenvalue weighted by Crippen LogP contribution is 2.39. The maximum absolute atomic E-state index is 5.00. The predicted octanol–water partition coefficient (Wildman–Crippen LogP) is 4.33. The van der Waals surface area contributed by atoms with Crippen molar-refractivity contribution in [3.63, 3.8) is 0 Å². The van der Waals surface area contributed by atoms with Crippen LogP contribution in [0.3, 0.4) is 0 Å². The number of aryl methyl sites for hydroxylation is 1. The topological polar surface area (TPSA) is 75.3 Å². The minimum atomic E-state index is 0. The first-order valence-electron chi connectivity index (χ1n) is 9.11. The first-order chi connectivity index (χ1) is 12.6. The number of benzene rings is 1. The molecule has 0 bridgehead atoms.